The predicted octanol–water partition coefficient (Wildman–Crippen LogP) is 4.75. The fourth-order valence-corrected chi connectivity index (χ4v) is 4.99. The number of benzene rings is 2. The third kappa shape index (κ3) is 5.40. The molecule has 6 heteroatoms. The zero-order valence-corrected chi connectivity index (χ0v) is 20.4. The first-order valence-corrected chi connectivity index (χ1v) is 12.1. The van der Waals surface area contributed by atoms with Crippen LogP contribution in [0.1, 0.15) is 71.9 Å². The number of hydrogen-bond donors (Lipinski definition) is 2. The predicted molar refractivity (Wildman–Crippen MR) is 134 cm³/mol. The molecule has 1 heterocycles. The van der Waals surface area contributed by atoms with E-state index in [0.717, 1.165) is 55.6 Å². The van der Waals surface area contributed by atoms with Gasteiger partial charge in [-0.1, -0.05) is 50.3 Å². The average molecular weight is 462 g/mol. The van der Waals surface area contributed by atoms with Crippen molar-refractivity contribution in [3.63, 3.8) is 0 Å². The maximum atomic E-state index is 13.6. The minimum Gasteiger partial charge on any atom is -0.333 e. The van der Waals surface area contributed by atoms with E-state index in [1.165, 1.54) is 5.57 Å². The molecule has 1 saturated heterocycles. The van der Waals surface area contributed by atoms with Crippen LogP contribution in [0, 0.1) is 5.41 Å². The van der Waals surface area contributed by atoms with Crippen molar-refractivity contribution >= 4 is 17.4 Å². The van der Waals surface area contributed by atoms with Crippen molar-refractivity contribution in [2.45, 2.75) is 52.6 Å². The van der Waals surface area contributed by atoms with Gasteiger partial charge in [0.15, 0.2) is 0 Å². The van der Waals surface area contributed by atoms with Gasteiger partial charge in [0.05, 0.1) is 0 Å². The van der Waals surface area contributed by atoms with E-state index in [1.54, 1.807) is 17.6 Å². The van der Waals surface area contributed by atoms with E-state index in [2.05, 4.69) is 37.8 Å². The summed E-state index contributed by atoms with van der Waals surface area (Å²) in [7, 11) is 0. The standard InChI is InChI=1S/C28H35N3O3/c1-20-18-30(19-21-8-10-23(11-9-21)26(32)29-34)16-17-31(20)27(33)25-7-5-4-6-24(25)22-12-14-28(2,3)15-13-22/h4-12,20,34H,13-19H2,1-3H3,(H,29,32)/t20-/m0/s1. The molecule has 1 aliphatic heterocycles. The molecule has 0 unspecified atom stereocenters. The summed E-state index contributed by atoms with van der Waals surface area (Å²) < 4.78 is 0. The Morgan fingerprint density at radius 2 is 1.82 bits per heavy atom. The van der Waals surface area contributed by atoms with E-state index in [-0.39, 0.29) is 11.9 Å². The number of nitrogens with one attached hydrogen (secondary N) is 1. The summed E-state index contributed by atoms with van der Waals surface area (Å²) in [6.07, 6.45) is 5.53. The van der Waals surface area contributed by atoms with E-state index in [9.17, 15) is 9.59 Å². The second-order valence-corrected chi connectivity index (χ2v) is 10.4. The van der Waals surface area contributed by atoms with Crippen molar-refractivity contribution in [3.8, 4) is 0 Å². The number of carbonyl (C=O) groups excluding carboxylic acids is 2. The van der Waals surface area contributed by atoms with Crippen LogP contribution in [0.2, 0.25) is 0 Å². The van der Waals surface area contributed by atoms with Crippen molar-refractivity contribution in [1.82, 2.24) is 15.3 Å². The second kappa shape index (κ2) is 10.1. The van der Waals surface area contributed by atoms with Crippen molar-refractivity contribution in [1.29, 1.82) is 0 Å². The molecule has 2 aromatic rings. The largest absolute Gasteiger partial charge is 0.333 e. The highest BCUT2D eigenvalue weighted by atomic mass is 16.5. The van der Waals surface area contributed by atoms with Crippen molar-refractivity contribution in [2.75, 3.05) is 19.6 Å². The number of amides is 2. The van der Waals surface area contributed by atoms with Gasteiger partial charge in [0.1, 0.15) is 0 Å². The number of allylic oxidation sites excluding steroid dienone is 2. The number of hydrogen-bond acceptors (Lipinski definition) is 4. The summed E-state index contributed by atoms with van der Waals surface area (Å²) in [5.74, 6) is -0.395. The SMILES string of the molecule is C[C@H]1CN(Cc2ccc(C(=O)NO)cc2)CCN1C(=O)c1ccccc1C1=CCC(C)(C)CC1. The maximum absolute atomic E-state index is 13.6. The van der Waals surface area contributed by atoms with Gasteiger partial charge in [-0.05, 0) is 66.5 Å². The van der Waals surface area contributed by atoms with Gasteiger partial charge >= 0.3 is 0 Å². The van der Waals surface area contributed by atoms with E-state index in [1.807, 2.05) is 35.2 Å². The minimum atomic E-state index is -0.514. The lowest BCUT2D eigenvalue weighted by Crippen LogP contribution is -2.53. The van der Waals surface area contributed by atoms with Gasteiger partial charge in [-0.25, -0.2) is 5.48 Å². The van der Waals surface area contributed by atoms with E-state index in [4.69, 9.17) is 5.21 Å². The van der Waals surface area contributed by atoms with Crippen molar-refractivity contribution in [3.05, 3.63) is 76.9 Å². The van der Waals surface area contributed by atoms with Crippen LogP contribution in [-0.4, -0.2) is 52.5 Å². The van der Waals surface area contributed by atoms with Crippen LogP contribution < -0.4 is 5.48 Å². The molecule has 34 heavy (non-hydrogen) atoms. The van der Waals surface area contributed by atoms with E-state index < -0.39 is 5.91 Å². The molecular formula is C28H35N3O3. The van der Waals surface area contributed by atoms with Crippen LogP contribution in [-0.2, 0) is 6.54 Å². The van der Waals surface area contributed by atoms with Gasteiger partial charge in [0, 0.05) is 43.3 Å². The van der Waals surface area contributed by atoms with Crippen LogP contribution in [0.4, 0.5) is 0 Å². The molecule has 180 valence electrons. The van der Waals surface area contributed by atoms with Crippen molar-refractivity contribution in [2.24, 2.45) is 5.41 Å². The summed E-state index contributed by atoms with van der Waals surface area (Å²) in [5.41, 5.74) is 6.70. The summed E-state index contributed by atoms with van der Waals surface area (Å²) in [6.45, 7) is 9.76. The fourth-order valence-electron chi connectivity index (χ4n) is 4.99. The molecule has 1 fully saturated rings. The maximum Gasteiger partial charge on any atom is 0.274 e. The normalized spacial score (nSPS) is 20.5. The van der Waals surface area contributed by atoms with Gasteiger partial charge in [-0.15, -0.1) is 0 Å². The molecule has 4 rings (SSSR count). The smallest absolute Gasteiger partial charge is 0.274 e. The van der Waals surface area contributed by atoms with Crippen molar-refractivity contribution < 1.29 is 14.8 Å². The molecule has 1 atom stereocenters. The monoisotopic (exact) mass is 461 g/mol. The van der Waals surface area contributed by atoms with Crippen LogP contribution in [0.5, 0.6) is 0 Å². The first-order valence-electron chi connectivity index (χ1n) is 12.1. The van der Waals surface area contributed by atoms with Gasteiger partial charge in [0.2, 0.25) is 0 Å². The van der Waals surface area contributed by atoms with Gasteiger partial charge < -0.3 is 4.90 Å². The molecule has 6 nitrogen and oxygen atoms in total. The molecule has 0 bridgehead atoms. The number of rotatable bonds is 5. The highest BCUT2D eigenvalue weighted by molar-refractivity contribution is 5.99. The molecule has 1 aliphatic carbocycles. The molecule has 0 saturated carbocycles. The first-order chi connectivity index (χ1) is 16.3. The second-order valence-electron chi connectivity index (χ2n) is 10.4. The van der Waals surface area contributed by atoms with Crippen LogP contribution in [0.15, 0.2) is 54.6 Å². The third-order valence-electron chi connectivity index (χ3n) is 7.17. The Labute approximate surface area is 202 Å². The lowest BCUT2D eigenvalue weighted by atomic mass is 9.76. The van der Waals surface area contributed by atoms with Gasteiger partial charge in [-0.2, -0.15) is 0 Å². The van der Waals surface area contributed by atoms with Crippen LogP contribution in [0.25, 0.3) is 5.57 Å². The lowest BCUT2D eigenvalue weighted by Gasteiger charge is -2.40. The third-order valence-corrected chi connectivity index (χ3v) is 7.17. The molecule has 2 N–H and O–H groups in total. The van der Waals surface area contributed by atoms with E-state index in [0.29, 0.717) is 17.5 Å². The van der Waals surface area contributed by atoms with Gasteiger partial charge in [0.25, 0.3) is 11.8 Å². The summed E-state index contributed by atoms with van der Waals surface area (Å²) in [4.78, 5) is 29.5. The molecule has 0 aromatic heterocycles. The molecule has 2 aromatic carbocycles. The topological polar surface area (TPSA) is 72.9 Å². The first kappa shape index (κ1) is 24.2. The Morgan fingerprint density at radius 1 is 1.09 bits per heavy atom. The Morgan fingerprint density at radius 3 is 2.47 bits per heavy atom. The quantitative estimate of drug-likeness (QED) is 0.498. The molecule has 2 amide bonds. The highest BCUT2D eigenvalue weighted by Gasteiger charge is 2.30. The summed E-state index contributed by atoms with van der Waals surface area (Å²) in [5, 5.41) is 8.77. The fraction of sp³-hybridized carbons (Fsp3) is 0.429. The minimum absolute atomic E-state index is 0.105. The number of nitrogens with zero attached hydrogens (tertiary/aromatic N) is 2. The number of carbonyl (C=O) groups is 2. The highest BCUT2D eigenvalue weighted by Crippen LogP contribution is 2.39. The Hall–Kier alpha value is -2.96. The Balaban J connectivity index is 1.42. The Kier molecular flexibility index (Phi) is 7.19. The molecule has 0 radical (unpaired) electrons. The van der Waals surface area contributed by atoms with Crippen LogP contribution in [0.3, 0.4) is 0 Å². The summed E-state index contributed by atoms with van der Waals surface area (Å²) >= 11 is 0. The summed E-state index contributed by atoms with van der Waals surface area (Å²) in [6, 6.07) is 15.4. The zero-order chi connectivity index (χ0) is 24.3. The molecule has 2 aliphatic rings. The number of piperazine rings is 1. The number of hydroxylamine groups is 1. The molecular weight excluding hydrogens is 426 g/mol. The zero-order valence-electron chi connectivity index (χ0n) is 20.4. The molecule has 0 spiro atoms. The Bertz CT molecular complexity index is 1070. The lowest BCUT2D eigenvalue weighted by molar-refractivity contribution is 0.0475. The average Bonchev–Trinajstić information content (AvgIpc) is 2.84. The van der Waals surface area contributed by atoms with Gasteiger partial charge in [-0.3, -0.25) is 19.7 Å². The van der Waals surface area contributed by atoms with E-state index >= 15 is 0 Å². The van der Waals surface area contributed by atoms with Crippen LogP contribution >= 0.6 is 0 Å².